The zero-order valence-electron chi connectivity index (χ0n) is 42.0. The molecule has 1 heterocycles. The van der Waals surface area contributed by atoms with Gasteiger partial charge in [0, 0.05) is 18.0 Å². The topological polar surface area (TPSA) is 112 Å². The minimum Gasteiger partial charge on any atom is -0.414 e. The minimum atomic E-state index is -1.70. The number of aliphatic hydroxyl groups excluding tert-OH is 3. The van der Waals surface area contributed by atoms with Gasteiger partial charge in [0.25, 0.3) is 0 Å². The van der Waals surface area contributed by atoms with Gasteiger partial charge in [-0.1, -0.05) is 82.0 Å². The van der Waals surface area contributed by atoms with Crippen LogP contribution in [0.3, 0.4) is 0 Å². The summed E-state index contributed by atoms with van der Waals surface area (Å²) in [6.07, 6.45) is 21.5. The van der Waals surface area contributed by atoms with Gasteiger partial charge in [0.15, 0.2) is 8.32 Å². The summed E-state index contributed by atoms with van der Waals surface area (Å²) in [4.78, 5) is 0. The van der Waals surface area contributed by atoms with E-state index < -0.39 is 13.9 Å². The van der Waals surface area contributed by atoms with Crippen molar-refractivity contribution < 1.29 is 34.3 Å². The fourth-order valence-corrected chi connectivity index (χ4v) is 15.5. The van der Waals surface area contributed by atoms with Crippen molar-refractivity contribution in [3.05, 3.63) is 11.6 Å². The van der Waals surface area contributed by atoms with Gasteiger partial charge < -0.3 is 34.3 Å². The third-order valence-electron chi connectivity index (χ3n) is 18.4. The highest BCUT2D eigenvalue weighted by molar-refractivity contribution is 9.09. The Bertz CT molecular complexity index is 1400. The summed E-state index contributed by atoms with van der Waals surface area (Å²) < 4.78 is 18.0. The molecule has 358 valence electrons. The molecule has 6 aliphatic carbocycles. The number of aliphatic hydroxyl groups is 4. The van der Waals surface area contributed by atoms with Crippen LogP contribution in [0.4, 0.5) is 0 Å². The molecular formula is C52H97BrO7Si. The summed E-state index contributed by atoms with van der Waals surface area (Å²) in [6, 6.07) is 0. The van der Waals surface area contributed by atoms with Crippen molar-refractivity contribution in [3.8, 4) is 0 Å². The normalized spacial score (nSPS) is 40.8. The molecule has 7 fully saturated rings. The standard InChI is InChI=1S/C18H36O2Si.C17H32O3.C12H20O.C5H9BrO/c1-13(19)14-10-11-15-16(9-8-12-18(14,15)5)20-21(6,7)17(2,3)4;1-12(20-11-10-16(2,3)19)13-7-8-14-15(18)6-5-9-17(13,14)4;1-3-9-6-7-10-11(13)5-4-8-12(9,10)2;1-5(2)4(3-6)7-5/h13-16,19H,8-12H2,1-7H3;12-15,18-19H,5-11H2,1-4H3;3,10-11,13H,4-8H2,1-2H3;4H,3H2,1-2H3/b;;9-3-;/t13-,14?,15-,16-,18+;12-,13?,14-,15-,17+;10-,11-,12+;/m000./s1. The van der Waals surface area contributed by atoms with Gasteiger partial charge in [-0.15, -0.1) is 0 Å². The number of ether oxygens (including phenoxy) is 2. The van der Waals surface area contributed by atoms with Gasteiger partial charge in [0.2, 0.25) is 0 Å². The largest absolute Gasteiger partial charge is 0.414 e. The average Bonchev–Trinajstić information content (AvgIpc) is 3.42. The van der Waals surface area contributed by atoms with E-state index in [1.165, 1.54) is 70.6 Å². The Morgan fingerprint density at radius 1 is 0.787 bits per heavy atom. The molecule has 7 aliphatic rings. The van der Waals surface area contributed by atoms with Crippen LogP contribution >= 0.6 is 15.9 Å². The van der Waals surface area contributed by atoms with E-state index in [0.717, 1.165) is 31.0 Å². The lowest BCUT2D eigenvalue weighted by atomic mass is 9.63. The van der Waals surface area contributed by atoms with Crippen molar-refractivity contribution in [3.63, 3.8) is 0 Å². The smallest absolute Gasteiger partial charge is 0.192 e. The van der Waals surface area contributed by atoms with Crippen LogP contribution in [0.15, 0.2) is 11.6 Å². The van der Waals surface area contributed by atoms with Crippen molar-refractivity contribution >= 4 is 24.2 Å². The first-order valence-corrected chi connectivity index (χ1v) is 29.1. The Morgan fingerprint density at radius 2 is 1.31 bits per heavy atom. The first-order chi connectivity index (χ1) is 28.1. The predicted octanol–water partition coefficient (Wildman–Crippen LogP) is 12.6. The Kier molecular flexibility index (Phi) is 18.5. The monoisotopic (exact) mass is 941 g/mol. The zero-order chi connectivity index (χ0) is 46.0. The Hall–Kier alpha value is 0.157. The van der Waals surface area contributed by atoms with Gasteiger partial charge in [-0.3, -0.25) is 0 Å². The van der Waals surface area contributed by atoms with Crippen LogP contribution < -0.4 is 0 Å². The SMILES string of the molecule is C/C=C1/CC[C@H]2[C@@H](O)CCC[C@]12C.CC1(C)OC1CBr.C[C@H](O)C1CC[C@H]2[C@@H](O[Si](C)(C)C(C)(C)C)CCC[C@]12C.C[C@H](OCCC(C)(C)O)C1CC[C@H]2[C@@H](O)CCC[C@]12C. The molecule has 0 aromatic carbocycles. The van der Waals surface area contributed by atoms with Crippen molar-refractivity contribution in [1.82, 2.24) is 0 Å². The Labute approximate surface area is 385 Å². The van der Waals surface area contributed by atoms with E-state index in [1.807, 2.05) is 20.8 Å². The molecule has 0 amide bonds. The van der Waals surface area contributed by atoms with Crippen molar-refractivity contribution in [2.75, 3.05) is 11.9 Å². The lowest BCUT2D eigenvalue weighted by Crippen LogP contribution is -2.50. The lowest BCUT2D eigenvalue weighted by Gasteiger charge is -2.49. The predicted molar refractivity (Wildman–Crippen MR) is 260 cm³/mol. The highest BCUT2D eigenvalue weighted by Gasteiger charge is 2.55. The molecule has 6 saturated carbocycles. The van der Waals surface area contributed by atoms with Crippen LogP contribution in [0.5, 0.6) is 0 Å². The number of epoxide rings is 1. The van der Waals surface area contributed by atoms with Gasteiger partial charge >= 0.3 is 0 Å². The van der Waals surface area contributed by atoms with Crippen LogP contribution in [0.1, 0.15) is 193 Å². The molecule has 0 aromatic rings. The maximum absolute atomic E-state index is 10.3. The number of alkyl halides is 1. The van der Waals surface area contributed by atoms with E-state index >= 15 is 0 Å². The van der Waals surface area contributed by atoms with Gasteiger partial charge in [-0.2, -0.15) is 0 Å². The highest BCUT2D eigenvalue weighted by Crippen LogP contribution is 2.59. The summed E-state index contributed by atoms with van der Waals surface area (Å²) in [5.41, 5.74) is 1.99. The second-order valence-corrected chi connectivity index (χ2v) is 29.8. The van der Waals surface area contributed by atoms with E-state index in [9.17, 15) is 20.4 Å². The maximum Gasteiger partial charge on any atom is 0.192 e. The van der Waals surface area contributed by atoms with Gasteiger partial charge in [0.05, 0.1) is 41.7 Å². The van der Waals surface area contributed by atoms with Crippen molar-refractivity contribution in [2.24, 2.45) is 45.8 Å². The third-order valence-corrected chi connectivity index (χ3v) is 23.5. The first-order valence-electron chi connectivity index (χ1n) is 25.0. The van der Waals surface area contributed by atoms with Crippen molar-refractivity contribution in [1.29, 1.82) is 0 Å². The summed E-state index contributed by atoms with van der Waals surface area (Å²) in [6.45, 7) is 33.6. The molecule has 7 nitrogen and oxygen atoms in total. The van der Waals surface area contributed by atoms with Crippen LogP contribution in [0, 0.1) is 45.8 Å². The minimum absolute atomic E-state index is 0.0313. The second kappa shape index (κ2) is 21.0. The number of halogens is 1. The molecule has 1 aliphatic heterocycles. The molecule has 1 saturated heterocycles. The molecule has 61 heavy (non-hydrogen) atoms. The van der Waals surface area contributed by atoms with E-state index in [0.29, 0.717) is 65.7 Å². The van der Waals surface area contributed by atoms with E-state index in [-0.39, 0.29) is 40.5 Å². The molecule has 4 N–H and O–H groups in total. The first kappa shape index (κ1) is 53.8. The fraction of sp³-hybridized carbons (Fsp3) is 0.962. The van der Waals surface area contributed by atoms with Crippen LogP contribution in [-0.2, 0) is 13.9 Å². The molecule has 3 unspecified atom stereocenters. The van der Waals surface area contributed by atoms with Gasteiger partial charge in [-0.05, 0) is 202 Å². The molecule has 14 atom stereocenters. The summed E-state index contributed by atoms with van der Waals surface area (Å²) in [5.74, 6) is 2.67. The van der Waals surface area contributed by atoms with Gasteiger partial charge in [-0.25, -0.2) is 0 Å². The molecule has 9 heteroatoms. The van der Waals surface area contributed by atoms with Crippen LogP contribution in [0.25, 0.3) is 0 Å². The van der Waals surface area contributed by atoms with Crippen molar-refractivity contribution in [2.45, 2.75) is 259 Å². The van der Waals surface area contributed by atoms with E-state index in [4.69, 9.17) is 13.9 Å². The molecule has 7 rings (SSSR count). The Balaban J connectivity index is 0.000000190. The zero-order valence-corrected chi connectivity index (χ0v) is 44.6. The number of rotatable bonds is 9. The summed E-state index contributed by atoms with van der Waals surface area (Å²) >= 11 is 3.33. The van der Waals surface area contributed by atoms with E-state index in [2.05, 4.69) is 104 Å². The Morgan fingerprint density at radius 3 is 1.82 bits per heavy atom. The number of allylic oxidation sites excluding steroid dienone is 2. The summed E-state index contributed by atoms with van der Waals surface area (Å²) in [5, 5.41) is 41.4. The quantitative estimate of drug-likeness (QED) is 0.0788. The number of hydrogen-bond donors (Lipinski definition) is 4. The summed E-state index contributed by atoms with van der Waals surface area (Å²) in [7, 11) is -1.70. The molecule has 0 bridgehead atoms. The molecule has 0 radical (unpaired) electrons. The highest BCUT2D eigenvalue weighted by atomic mass is 79.9. The maximum atomic E-state index is 10.3. The van der Waals surface area contributed by atoms with Gasteiger partial charge in [0.1, 0.15) is 0 Å². The third kappa shape index (κ3) is 12.8. The molecular weight excluding hydrogens is 845 g/mol. The fourth-order valence-electron chi connectivity index (χ4n) is 13.2. The van der Waals surface area contributed by atoms with E-state index in [1.54, 1.807) is 5.57 Å². The average molecular weight is 942 g/mol. The lowest BCUT2D eigenvalue weighted by molar-refractivity contribution is -0.0725. The molecule has 0 spiro atoms. The number of hydrogen-bond acceptors (Lipinski definition) is 7. The van der Waals surface area contributed by atoms with Crippen LogP contribution in [0.2, 0.25) is 18.1 Å². The van der Waals surface area contributed by atoms with Crippen LogP contribution in [-0.4, -0.2) is 88.5 Å². The molecule has 0 aromatic heterocycles. The number of fused-ring (bicyclic) bond motifs is 3. The second-order valence-electron chi connectivity index (χ2n) is 24.4.